The number of hydrogen-bond donors (Lipinski definition) is 1. The molecule has 0 atom stereocenters. The maximum atomic E-state index is 3.80. The van der Waals surface area contributed by atoms with E-state index < -0.39 is 0 Å². The zero-order chi connectivity index (χ0) is 20.1. The minimum atomic E-state index is 1.07. The first kappa shape index (κ1) is 18.5. The van der Waals surface area contributed by atoms with Crippen LogP contribution in [0.1, 0.15) is 11.1 Å². The van der Waals surface area contributed by atoms with Crippen molar-refractivity contribution in [1.29, 1.82) is 0 Å². The molecule has 4 aromatic rings. The van der Waals surface area contributed by atoms with Crippen LogP contribution in [0.2, 0.25) is 0 Å². The Kier molecular flexibility index (Phi) is 5.40. The first-order valence-electron chi connectivity index (χ1n) is 9.68. The molecule has 0 unspecified atom stereocenters. The predicted octanol–water partition coefficient (Wildman–Crippen LogP) is 8.05. The van der Waals surface area contributed by atoms with Gasteiger partial charge in [-0.2, -0.15) is 0 Å². The van der Waals surface area contributed by atoms with Crippen LogP contribution in [0.4, 0.5) is 11.4 Å². The molecular weight excluding hydrogens is 350 g/mol. The molecule has 0 saturated carbocycles. The van der Waals surface area contributed by atoms with Crippen LogP contribution in [0, 0.1) is 0 Å². The average Bonchev–Trinajstić information content (AvgIpc) is 2.80. The highest BCUT2D eigenvalue weighted by Gasteiger charge is 2.01. The Hall–Kier alpha value is -3.84. The summed E-state index contributed by atoms with van der Waals surface area (Å²) in [6, 6.07) is 33.8. The van der Waals surface area contributed by atoms with Crippen LogP contribution >= 0.6 is 0 Å². The highest BCUT2D eigenvalue weighted by molar-refractivity contribution is 5.72. The number of benzene rings is 4. The van der Waals surface area contributed by atoms with Gasteiger partial charge >= 0.3 is 0 Å². The molecule has 4 aromatic carbocycles. The van der Waals surface area contributed by atoms with Crippen molar-refractivity contribution in [3.8, 4) is 22.3 Å². The quantitative estimate of drug-likeness (QED) is 0.360. The summed E-state index contributed by atoms with van der Waals surface area (Å²) in [5.74, 6) is 0. The zero-order valence-corrected chi connectivity index (χ0v) is 16.3. The second-order valence-electron chi connectivity index (χ2n) is 6.93. The summed E-state index contributed by atoms with van der Waals surface area (Å²) in [7, 11) is 0. The van der Waals surface area contributed by atoms with Gasteiger partial charge in [0, 0.05) is 11.4 Å². The van der Waals surface area contributed by atoms with Crippen LogP contribution in [0.15, 0.2) is 110 Å². The van der Waals surface area contributed by atoms with E-state index in [0.29, 0.717) is 0 Å². The molecule has 1 heteroatoms. The maximum Gasteiger partial charge on any atom is 0.0384 e. The largest absolute Gasteiger partial charge is 0.356 e. The van der Waals surface area contributed by atoms with E-state index in [2.05, 4.69) is 116 Å². The molecule has 0 spiro atoms. The van der Waals surface area contributed by atoms with Gasteiger partial charge in [-0.15, -0.1) is 0 Å². The van der Waals surface area contributed by atoms with Crippen molar-refractivity contribution in [1.82, 2.24) is 0 Å². The fourth-order valence-electron chi connectivity index (χ4n) is 3.28. The lowest BCUT2D eigenvalue weighted by molar-refractivity contribution is 1.53. The van der Waals surface area contributed by atoms with Gasteiger partial charge in [0.2, 0.25) is 0 Å². The summed E-state index contributed by atoms with van der Waals surface area (Å²) >= 11 is 0. The molecule has 140 valence electrons. The summed E-state index contributed by atoms with van der Waals surface area (Å²) in [6.45, 7) is 7.61. The topological polar surface area (TPSA) is 12.0 Å². The van der Waals surface area contributed by atoms with Crippen LogP contribution in [0.25, 0.3) is 34.4 Å². The standard InChI is InChI=1S/C28H23N/c1-3-21-5-9-23(10-6-21)25-13-17-27(18-14-25)29-28-19-15-26(16-20-28)24-11-7-22(4-2)8-12-24/h3-20,29H,1-2H2. The van der Waals surface area contributed by atoms with E-state index in [4.69, 9.17) is 0 Å². The molecule has 0 aliphatic heterocycles. The fraction of sp³-hybridized carbons (Fsp3) is 0. The molecular formula is C28H23N. The van der Waals surface area contributed by atoms with Gasteiger partial charge in [0.25, 0.3) is 0 Å². The number of rotatable bonds is 6. The molecule has 0 radical (unpaired) electrons. The number of nitrogens with one attached hydrogen (secondary N) is 1. The Morgan fingerprint density at radius 2 is 0.690 bits per heavy atom. The molecule has 0 heterocycles. The molecule has 0 aliphatic carbocycles. The highest BCUT2D eigenvalue weighted by Crippen LogP contribution is 2.26. The first-order chi connectivity index (χ1) is 14.2. The summed E-state index contributed by atoms with van der Waals surface area (Å²) in [4.78, 5) is 0. The minimum absolute atomic E-state index is 1.07. The Labute approximate surface area is 172 Å². The molecule has 0 aromatic heterocycles. The maximum absolute atomic E-state index is 3.80. The van der Waals surface area contributed by atoms with Gasteiger partial charge in [-0.3, -0.25) is 0 Å². The van der Waals surface area contributed by atoms with Crippen molar-refractivity contribution in [3.63, 3.8) is 0 Å². The second kappa shape index (κ2) is 8.45. The van der Waals surface area contributed by atoms with Gasteiger partial charge in [0.15, 0.2) is 0 Å². The predicted molar refractivity (Wildman–Crippen MR) is 127 cm³/mol. The van der Waals surface area contributed by atoms with Gasteiger partial charge in [-0.1, -0.05) is 98.1 Å². The van der Waals surface area contributed by atoms with Crippen LogP contribution in [-0.2, 0) is 0 Å². The van der Waals surface area contributed by atoms with E-state index in [1.54, 1.807) is 0 Å². The van der Waals surface area contributed by atoms with Crippen molar-refractivity contribution in [2.45, 2.75) is 0 Å². The average molecular weight is 373 g/mol. The molecule has 0 bridgehead atoms. The Bertz CT molecular complexity index is 1010. The van der Waals surface area contributed by atoms with Crippen molar-refractivity contribution in [3.05, 3.63) is 121 Å². The lowest BCUT2D eigenvalue weighted by atomic mass is 10.0. The van der Waals surface area contributed by atoms with Gasteiger partial charge in [-0.05, 0) is 57.6 Å². The van der Waals surface area contributed by atoms with E-state index in [0.717, 1.165) is 22.5 Å². The Morgan fingerprint density at radius 1 is 0.414 bits per heavy atom. The molecule has 4 rings (SSSR count). The lowest BCUT2D eigenvalue weighted by Gasteiger charge is -2.09. The molecule has 29 heavy (non-hydrogen) atoms. The van der Waals surface area contributed by atoms with Gasteiger partial charge in [-0.25, -0.2) is 0 Å². The summed E-state index contributed by atoms with van der Waals surface area (Å²) in [6.07, 6.45) is 3.72. The first-order valence-corrected chi connectivity index (χ1v) is 9.68. The summed E-state index contributed by atoms with van der Waals surface area (Å²) < 4.78 is 0. The van der Waals surface area contributed by atoms with E-state index in [9.17, 15) is 0 Å². The van der Waals surface area contributed by atoms with Crippen LogP contribution in [0.5, 0.6) is 0 Å². The minimum Gasteiger partial charge on any atom is -0.356 e. The van der Waals surface area contributed by atoms with Crippen molar-refractivity contribution in [2.75, 3.05) is 5.32 Å². The van der Waals surface area contributed by atoms with E-state index in [1.165, 1.54) is 22.3 Å². The Morgan fingerprint density at radius 3 is 0.966 bits per heavy atom. The van der Waals surface area contributed by atoms with Gasteiger partial charge < -0.3 is 5.32 Å². The van der Waals surface area contributed by atoms with Gasteiger partial charge in [0.05, 0.1) is 0 Å². The smallest absolute Gasteiger partial charge is 0.0384 e. The highest BCUT2D eigenvalue weighted by atomic mass is 14.9. The van der Waals surface area contributed by atoms with E-state index in [1.807, 2.05) is 12.2 Å². The van der Waals surface area contributed by atoms with Crippen molar-refractivity contribution >= 4 is 23.5 Å². The Balaban J connectivity index is 1.45. The lowest BCUT2D eigenvalue weighted by Crippen LogP contribution is -1.90. The van der Waals surface area contributed by atoms with Crippen molar-refractivity contribution < 1.29 is 0 Å². The van der Waals surface area contributed by atoms with Crippen molar-refractivity contribution in [2.24, 2.45) is 0 Å². The van der Waals surface area contributed by atoms with Gasteiger partial charge in [0.1, 0.15) is 0 Å². The van der Waals surface area contributed by atoms with Crippen LogP contribution in [0.3, 0.4) is 0 Å². The zero-order valence-electron chi connectivity index (χ0n) is 16.3. The van der Waals surface area contributed by atoms with E-state index >= 15 is 0 Å². The number of anilines is 2. The summed E-state index contributed by atoms with van der Waals surface area (Å²) in [5.41, 5.74) is 9.20. The fourth-order valence-corrected chi connectivity index (χ4v) is 3.28. The monoisotopic (exact) mass is 373 g/mol. The third-order valence-corrected chi connectivity index (χ3v) is 5.02. The normalized spacial score (nSPS) is 10.3. The second-order valence-corrected chi connectivity index (χ2v) is 6.93. The third kappa shape index (κ3) is 4.36. The number of hydrogen-bond acceptors (Lipinski definition) is 1. The van der Waals surface area contributed by atoms with E-state index in [-0.39, 0.29) is 0 Å². The summed E-state index contributed by atoms with van der Waals surface area (Å²) in [5, 5.41) is 3.47. The van der Waals surface area contributed by atoms with Crippen LogP contribution < -0.4 is 5.32 Å². The molecule has 0 saturated heterocycles. The molecule has 0 aliphatic rings. The molecule has 1 nitrogen and oxygen atoms in total. The molecule has 1 N–H and O–H groups in total. The third-order valence-electron chi connectivity index (χ3n) is 5.02. The van der Waals surface area contributed by atoms with Crippen LogP contribution in [-0.4, -0.2) is 0 Å². The molecule has 0 fully saturated rings. The SMILES string of the molecule is C=Cc1ccc(-c2ccc(Nc3ccc(-c4ccc(C=C)cc4)cc3)cc2)cc1. The molecule has 0 amide bonds.